The van der Waals surface area contributed by atoms with Crippen LogP contribution in [-0.4, -0.2) is 48.4 Å². The van der Waals surface area contributed by atoms with Gasteiger partial charge in [-0.3, -0.25) is 14.7 Å². The predicted octanol–water partition coefficient (Wildman–Crippen LogP) is 4.17. The van der Waals surface area contributed by atoms with Crippen molar-refractivity contribution in [3.8, 4) is 0 Å². The Labute approximate surface area is 175 Å². The maximum absolute atomic E-state index is 12.9. The van der Waals surface area contributed by atoms with Crippen molar-refractivity contribution in [2.24, 2.45) is 10.9 Å². The maximum atomic E-state index is 12.9. The third-order valence-electron chi connectivity index (χ3n) is 6.19. The van der Waals surface area contributed by atoms with Gasteiger partial charge in [0.25, 0.3) is 0 Å². The molecule has 1 saturated heterocycles. The van der Waals surface area contributed by atoms with Crippen LogP contribution in [0.3, 0.4) is 0 Å². The molecule has 5 nitrogen and oxygen atoms in total. The first-order chi connectivity index (χ1) is 13.9. The van der Waals surface area contributed by atoms with E-state index in [9.17, 15) is 4.79 Å². The number of hydrogen-bond acceptors (Lipinski definition) is 4. The van der Waals surface area contributed by atoms with Crippen molar-refractivity contribution in [3.05, 3.63) is 45.9 Å². The van der Waals surface area contributed by atoms with E-state index in [4.69, 9.17) is 0 Å². The zero-order valence-corrected chi connectivity index (χ0v) is 18.6. The maximum Gasteiger partial charge on any atom is 0.192 e. The van der Waals surface area contributed by atoms with Crippen molar-refractivity contribution in [1.29, 1.82) is 0 Å². The molecule has 0 bridgehead atoms. The molecule has 1 unspecified atom stereocenters. The Bertz CT molecular complexity index is 856. The second kappa shape index (κ2) is 9.57. The van der Waals surface area contributed by atoms with Gasteiger partial charge in [-0.15, -0.1) is 0 Å². The fraction of sp³-hybridized carbons (Fsp3) is 0.583. The Morgan fingerprint density at radius 1 is 1.24 bits per heavy atom. The lowest BCUT2D eigenvalue weighted by Gasteiger charge is -2.39. The van der Waals surface area contributed by atoms with Gasteiger partial charge in [0.05, 0.1) is 5.56 Å². The van der Waals surface area contributed by atoms with E-state index in [2.05, 4.69) is 45.9 Å². The van der Waals surface area contributed by atoms with Gasteiger partial charge < -0.3 is 9.47 Å². The van der Waals surface area contributed by atoms with Crippen LogP contribution in [-0.2, 0) is 6.42 Å². The molecule has 2 aliphatic rings. The number of hydrogen-bond donors (Lipinski definition) is 0. The highest BCUT2D eigenvalue weighted by Gasteiger charge is 2.24. The van der Waals surface area contributed by atoms with E-state index < -0.39 is 0 Å². The molecule has 2 aliphatic heterocycles. The Morgan fingerprint density at radius 3 is 2.59 bits per heavy atom. The molecule has 1 aromatic rings. The summed E-state index contributed by atoms with van der Waals surface area (Å²) in [5, 5.41) is 0. The molecule has 3 rings (SSSR count). The highest BCUT2D eigenvalue weighted by atomic mass is 16.1. The van der Waals surface area contributed by atoms with Gasteiger partial charge in [0.2, 0.25) is 0 Å². The monoisotopic (exact) mass is 396 g/mol. The number of aromatic nitrogens is 1. The van der Waals surface area contributed by atoms with Crippen LogP contribution < -0.4 is 10.3 Å². The van der Waals surface area contributed by atoms with Gasteiger partial charge in [-0.05, 0) is 26.2 Å². The van der Waals surface area contributed by atoms with Crippen LogP contribution in [0.25, 0.3) is 5.70 Å². The Kier molecular flexibility index (Phi) is 7.12. The molecular weight excluding hydrogens is 360 g/mol. The molecule has 0 radical (unpaired) electrons. The van der Waals surface area contributed by atoms with Gasteiger partial charge in [0.1, 0.15) is 5.82 Å². The van der Waals surface area contributed by atoms with E-state index in [1.165, 1.54) is 25.8 Å². The molecule has 0 spiro atoms. The minimum Gasteiger partial charge on any atom is -0.355 e. The largest absolute Gasteiger partial charge is 0.355 e. The van der Waals surface area contributed by atoms with Crippen molar-refractivity contribution in [2.45, 2.75) is 53.4 Å². The van der Waals surface area contributed by atoms with E-state index in [-0.39, 0.29) is 5.43 Å². The van der Waals surface area contributed by atoms with Crippen molar-refractivity contribution in [3.63, 3.8) is 0 Å². The molecule has 3 heterocycles. The fourth-order valence-corrected chi connectivity index (χ4v) is 4.48. The van der Waals surface area contributed by atoms with Crippen molar-refractivity contribution in [1.82, 2.24) is 9.47 Å². The molecule has 0 saturated carbocycles. The summed E-state index contributed by atoms with van der Waals surface area (Å²) in [7, 11) is 0. The van der Waals surface area contributed by atoms with Gasteiger partial charge in [0.15, 0.2) is 5.43 Å². The standard InChI is InChI=1S/C24H36N4O/c1-6-8-20(7-2)17-26-11-13-27(14-12-26)24-15-23(29)21-16-25-19(5)9-10-22(21)28(24)18(3)4/h9,15-16,20H,3,6-8,10-14,17H2,1-2,4-5H3. The highest BCUT2D eigenvalue weighted by molar-refractivity contribution is 5.84. The van der Waals surface area contributed by atoms with Crippen LogP contribution in [0.1, 0.15) is 58.2 Å². The van der Waals surface area contributed by atoms with E-state index in [0.717, 1.165) is 55.0 Å². The van der Waals surface area contributed by atoms with Gasteiger partial charge in [-0.1, -0.05) is 39.3 Å². The number of pyridine rings is 1. The smallest absolute Gasteiger partial charge is 0.192 e. The minimum atomic E-state index is 0.0516. The average Bonchev–Trinajstić information content (AvgIpc) is 2.90. The summed E-state index contributed by atoms with van der Waals surface area (Å²) in [6.45, 7) is 17.9. The second-order valence-corrected chi connectivity index (χ2v) is 8.46. The minimum absolute atomic E-state index is 0.0516. The van der Waals surface area contributed by atoms with E-state index >= 15 is 0 Å². The van der Waals surface area contributed by atoms with Gasteiger partial charge in [0, 0.05) is 68.5 Å². The normalized spacial score (nSPS) is 18.2. The molecule has 158 valence electrons. The molecule has 1 fully saturated rings. The summed E-state index contributed by atoms with van der Waals surface area (Å²) in [5.41, 5.74) is 3.62. The van der Waals surface area contributed by atoms with Crippen molar-refractivity contribution >= 4 is 17.7 Å². The zero-order chi connectivity index (χ0) is 21.0. The summed E-state index contributed by atoms with van der Waals surface area (Å²) in [4.78, 5) is 22.2. The number of nitrogens with zero attached hydrogens (tertiary/aromatic N) is 4. The third kappa shape index (κ3) is 4.89. The molecule has 29 heavy (non-hydrogen) atoms. The van der Waals surface area contributed by atoms with Crippen molar-refractivity contribution in [2.75, 3.05) is 37.6 Å². The predicted molar refractivity (Wildman–Crippen MR) is 124 cm³/mol. The zero-order valence-electron chi connectivity index (χ0n) is 18.6. The molecular formula is C24H36N4O. The van der Waals surface area contributed by atoms with Crippen molar-refractivity contribution < 1.29 is 0 Å². The number of piperazine rings is 1. The summed E-state index contributed by atoms with van der Waals surface area (Å²) >= 11 is 0. The second-order valence-electron chi connectivity index (χ2n) is 8.46. The molecule has 0 amide bonds. The quantitative estimate of drug-likeness (QED) is 0.695. The van der Waals surface area contributed by atoms with Crippen LogP contribution >= 0.6 is 0 Å². The Balaban J connectivity index is 1.84. The topological polar surface area (TPSA) is 40.8 Å². The first-order valence-electron chi connectivity index (χ1n) is 11.1. The number of fused-ring (bicyclic) bond motifs is 1. The van der Waals surface area contributed by atoms with E-state index in [1.807, 2.05) is 13.8 Å². The summed E-state index contributed by atoms with van der Waals surface area (Å²) in [5.74, 6) is 1.77. The van der Waals surface area contributed by atoms with E-state index in [0.29, 0.717) is 12.0 Å². The third-order valence-corrected chi connectivity index (χ3v) is 6.19. The molecule has 0 N–H and O–H groups in total. The van der Waals surface area contributed by atoms with Gasteiger partial charge >= 0.3 is 0 Å². The average molecular weight is 397 g/mol. The number of rotatable bonds is 7. The SMILES string of the molecule is C=C(C)n1c(N2CCN(CC(CC)CCC)CC2)cc(=O)c2c1CC=C(C)N=C2. The first kappa shape index (κ1) is 21.6. The number of anilines is 1. The number of allylic oxidation sites excluding steroid dienone is 3. The van der Waals surface area contributed by atoms with Crippen LogP contribution in [0, 0.1) is 5.92 Å². The first-order valence-corrected chi connectivity index (χ1v) is 11.1. The lowest BCUT2D eigenvalue weighted by molar-refractivity contribution is 0.208. The molecule has 0 aromatic carbocycles. The number of aliphatic imine (C=N–C) groups is 1. The molecule has 1 atom stereocenters. The van der Waals surface area contributed by atoms with Gasteiger partial charge in [-0.2, -0.15) is 0 Å². The summed E-state index contributed by atoms with van der Waals surface area (Å²) in [6, 6.07) is 1.78. The lowest BCUT2D eigenvalue weighted by atomic mass is 10.00. The van der Waals surface area contributed by atoms with Crippen LogP contribution in [0.2, 0.25) is 0 Å². The van der Waals surface area contributed by atoms with E-state index in [1.54, 1.807) is 12.3 Å². The van der Waals surface area contributed by atoms with Gasteiger partial charge in [-0.25, -0.2) is 0 Å². The molecule has 1 aromatic heterocycles. The summed E-state index contributed by atoms with van der Waals surface area (Å²) in [6.07, 6.45) is 8.33. The summed E-state index contributed by atoms with van der Waals surface area (Å²) < 4.78 is 2.17. The molecule has 0 aliphatic carbocycles. The van der Waals surface area contributed by atoms with Crippen LogP contribution in [0.15, 0.2) is 34.2 Å². The molecule has 5 heteroatoms. The lowest BCUT2D eigenvalue weighted by Crippen LogP contribution is -2.49. The highest BCUT2D eigenvalue weighted by Crippen LogP contribution is 2.25. The van der Waals surface area contributed by atoms with Crippen LogP contribution in [0.4, 0.5) is 5.82 Å². The van der Waals surface area contributed by atoms with Crippen LogP contribution in [0.5, 0.6) is 0 Å². The Hall–Kier alpha value is -2.14. The fourth-order valence-electron chi connectivity index (χ4n) is 4.48. The Morgan fingerprint density at radius 2 is 1.97 bits per heavy atom.